The van der Waals surface area contributed by atoms with Gasteiger partial charge < -0.3 is 20.1 Å². The lowest BCUT2D eigenvalue weighted by Crippen LogP contribution is -2.53. The number of esters is 1. The molecule has 0 aromatic heterocycles. The molecule has 2 N–H and O–H groups in total. The van der Waals surface area contributed by atoms with Crippen molar-refractivity contribution in [2.24, 2.45) is 17.8 Å². The molecule has 240 valence electrons. The third kappa shape index (κ3) is 10.3. The molecule has 4 rings (SSSR count). The fourth-order valence-electron chi connectivity index (χ4n) is 6.98. The third-order valence-corrected chi connectivity index (χ3v) is 9.77. The van der Waals surface area contributed by atoms with E-state index in [-0.39, 0.29) is 36.4 Å². The first-order valence-electron chi connectivity index (χ1n) is 15.9. The Hall–Kier alpha value is -2.50. The van der Waals surface area contributed by atoms with Gasteiger partial charge in [-0.15, -0.1) is 0 Å². The maximum absolute atomic E-state index is 13.6. The van der Waals surface area contributed by atoms with Crippen molar-refractivity contribution >= 4 is 27.9 Å². The zero-order valence-corrected chi connectivity index (χ0v) is 26.4. The van der Waals surface area contributed by atoms with Crippen molar-refractivity contribution in [2.45, 2.75) is 102 Å². The number of methoxy groups -OCH3 is 1. The normalized spacial score (nSPS) is 24.4. The fourth-order valence-corrected chi connectivity index (χ4v) is 7.37. The third-order valence-electron chi connectivity index (χ3n) is 9.21. The number of carbonyl (C=O) groups is 3. The summed E-state index contributed by atoms with van der Waals surface area (Å²) in [6.45, 7) is 0.00348. The first-order valence-corrected chi connectivity index (χ1v) is 17.7. The summed E-state index contributed by atoms with van der Waals surface area (Å²) in [5.74, 6) is -0.763. The number of nitrogens with one attached hydrogen (secondary N) is 2. The molecular weight excluding hydrogens is 572 g/mol. The summed E-state index contributed by atoms with van der Waals surface area (Å²) in [5, 5.41) is 5.68. The van der Waals surface area contributed by atoms with Gasteiger partial charge in [0, 0.05) is 6.54 Å². The highest BCUT2D eigenvalue weighted by atomic mass is 32.2. The van der Waals surface area contributed by atoms with Gasteiger partial charge in [0.2, 0.25) is 11.8 Å². The molecule has 1 aromatic rings. The molecule has 3 fully saturated rings. The van der Waals surface area contributed by atoms with E-state index in [1.807, 2.05) is 24.3 Å². The van der Waals surface area contributed by atoms with Crippen LogP contribution in [0, 0.1) is 17.8 Å². The smallest absolute Gasteiger partial charge is 0.309 e. The van der Waals surface area contributed by atoms with Crippen LogP contribution in [0.3, 0.4) is 0 Å². The van der Waals surface area contributed by atoms with Crippen LogP contribution in [0.4, 0.5) is 0 Å². The Morgan fingerprint density at radius 2 is 1.74 bits per heavy atom. The van der Waals surface area contributed by atoms with E-state index < -0.39 is 34.6 Å². The summed E-state index contributed by atoms with van der Waals surface area (Å²) in [6.07, 6.45) is 13.5. The number of amides is 2. The molecule has 1 aromatic carbocycles. The summed E-state index contributed by atoms with van der Waals surface area (Å²) >= 11 is 0. The van der Waals surface area contributed by atoms with E-state index in [1.54, 1.807) is 0 Å². The van der Waals surface area contributed by atoms with E-state index in [0.29, 0.717) is 19.4 Å². The molecule has 2 saturated heterocycles. The number of unbranched alkanes of at least 4 members (excludes halogenated alkanes) is 1. The second-order valence-electron chi connectivity index (χ2n) is 12.4. The lowest BCUT2D eigenvalue weighted by Gasteiger charge is -2.29. The Morgan fingerprint density at radius 1 is 1.00 bits per heavy atom. The average Bonchev–Trinajstić information content (AvgIpc) is 3.60. The summed E-state index contributed by atoms with van der Waals surface area (Å²) in [4.78, 5) is 38.4. The minimum atomic E-state index is -3.81. The maximum atomic E-state index is 13.6. The Kier molecular flexibility index (Phi) is 12.4. The molecule has 0 unspecified atom stereocenters. The van der Waals surface area contributed by atoms with Crippen LogP contribution in [0.1, 0.15) is 81.8 Å². The first-order chi connectivity index (χ1) is 20.6. The van der Waals surface area contributed by atoms with Crippen molar-refractivity contribution in [1.82, 2.24) is 10.6 Å². The topological polar surface area (TPSA) is 137 Å². The van der Waals surface area contributed by atoms with Crippen LogP contribution in [0.2, 0.25) is 0 Å². The van der Waals surface area contributed by atoms with E-state index in [4.69, 9.17) is 13.7 Å². The summed E-state index contributed by atoms with van der Waals surface area (Å²) < 4.78 is 39.3. The molecule has 3 aliphatic rings. The van der Waals surface area contributed by atoms with Gasteiger partial charge in [0.15, 0.2) is 0 Å². The largest absolute Gasteiger partial charge is 0.469 e. The molecule has 5 atom stereocenters. The number of rotatable bonds is 16. The van der Waals surface area contributed by atoms with Gasteiger partial charge in [-0.3, -0.25) is 18.6 Å². The van der Waals surface area contributed by atoms with Crippen molar-refractivity contribution in [3.05, 3.63) is 35.4 Å². The number of fused-ring (bicyclic) bond motifs is 2. The molecule has 2 heterocycles. The van der Waals surface area contributed by atoms with E-state index in [9.17, 15) is 22.8 Å². The van der Waals surface area contributed by atoms with Crippen LogP contribution >= 0.6 is 0 Å². The number of ether oxygens (including phenoxy) is 2. The van der Waals surface area contributed by atoms with Crippen molar-refractivity contribution in [3.8, 4) is 0 Å². The van der Waals surface area contributed by atoms with E-state index in [2.05, 4.69) is 10.6 Å². The zero-order chi connectivity index (χ0) is 30.8. The number of hydrogen-bond acceptors (Lipinski definition) is 8. The van der Waals surface area contributed by atoms with Gasteiger partial charge in [0.1, 0.15) is 6.04 Å². The van der Waals surface area contributed by atoms with Crippen LogP contribution in [0.5, 0.6) is 0 Å². The van der Waals surface area contributed by atoms with Gasteiger partial charge >= 0.3 is 5.97 Å². The highest BCUT2D eigenvalue weighted by Crippen LogP contribution is 2.45. The van der Waals surface area contributed by atoms with Gasteiger partial charge in [0.25, 0.3) is 10.1 Å². The average molecular weight is 621 g/mol. The zero-order valence-electron chi connectivity index (χ0n) is 25.6. The van der Waals surface area contributed by atoms with Crippen molar-refractivity contribution < 1.29 is 36.5 Å². The minimum absolute atomic E-state index is 0.0392. The predicted molar refractivity (Wildman–Crippen MR) is 162 cm³/mol. The molecular formula is C32H48N2O8S. The Bertz CT molecular complexity index is 1200. The quantitative estimate of drug-likeness (QED) is 0.163. The maximum Gasteiger partial charge on any atom is 0.309 e. The molecule has 2 bridgehead atoms. The van der Waals surface area contributed by atoms with Crippen LogP contribution < -0.4 is 10.6 Å². The number of benzene rings is 1. The van der Waals surface area contributed by atoms with Crippen LogP contribution in [0.15, 0.2) is 24.3 Å². The summed E-state index contributed by atoms with van der Waals surface area (Å²) in [5.41, 5.74) is 1.93. The number of aryl methyl sites for hydroxylation is 1. The Morgan fingerprint density at radius 3 is 2.49 bits per heavy atom. The van der Waals surface area contributed by atoms with Crippen LogP contribution in [-0.4, -0.2) is 71.0 Å². The standard InChI is InChI=1S/C32H48N2O8S/c1-40-29(35)20-24-13-8-12-23(19-24)14-15-25-27-16-17-28(42-27)30(25)32(37)34-26(21-41-43(2,38)39)31(36)33-18-7-6-11-22-9-4-3-5-10-22/h8,12-13,19,22,25-28,30H,3-7,9-11,14-18,20-21H2,1-2H3,(H,33,36)(H,34,37)/t25-,26-,27-,28+,30-/m0/s1. The second kappa shape index (κ2) is 16.0. The van der Waals surface area contributed by atoms with E-state index in [1.165, 1.54) is 39.2 Å². The SMILES string of the molecule is COC(=O)Cc1cccc(CC[C@@H]2[C@H](C(=O)N[C@@H](COS(C)(=O)=O)C(=O)NCCCCC3CCCCC3)[C@H]3CC[C@@H]2O3)c1. The number of hydrogen-bond donors (Lipinski definition) is 2. The lowest BCUT2D eigenvalue weighted by molar-refractivity contribution is -0.139. The molecule has 43 heavy (non-hydrogen) atoms. The van der Waals surface area contributed by atoms with Gasteiger partial charge in [-0.25, -0.2) is 0 Å². The second-order valence-corrected chi connectivity index (χ2v) is 14.1. The molecule has 2 aliphatic heterocycles. The Labute approximate surface area is 256 Å². The van der Waals surface area contributed by atoms with Crippen molar-refractivity contribution in [2.75, 3.05) is 26.5 Å². The van der Waals surface area contributed by atoms with Crippen LogP contribution in [-0.2, 0) is 51.0 Å². The van der Waals surface area contributed by atoms with Crippen molar-refractivity contribution in [3.63, 3.8) is 0 Å². The Balaban J connectivity index is 1.33. The van der Waals surface area contributed by atoms with Crippen molar-refractivity contribution in [1.29, 1.82) is 0 Å². The van der Waals surface area contributed by atoms with E-state index >= 15 is 0 Å². The fraction of sp³-hybridized carbons (Fsp3) is 0.719. The van der Waals surface area contributed by atoms with Crippen LogP contribution in [0.25, 0.3) is 0 Å². The predicted octanol–water partition coefficient (Wildman–Crippen LogP) is 3.46. The summed E-state index contributed by atoms with van der Waals surface area (Å²) in [7, 11) is -2.44. The molecule has 1 saturated carbocycles. The van der Waals surface area contributed by atoms with Gasteiger partial charge in [-0.1, -0.05) is 69.2 Å². The monoisotopic (exact) mass is 620 g/mol. The lowest BCUT2D eigenvalue weighted by atomic mass is 9.76. The van der Waals surface area contributed by atoms with E-state index in [0.717, 1.165) is 55.4 Å². The molecule has 1 aliphatic carbocycles. The van der Waals surface area contributed by atoms with Gasteiger partial charge in [-0.2, -0.15) is 8.42 Å². The summed E-state index contributed by atoms with van der Waals surface area (Å²) in [6, 6.07) is 6.66. The molecule has 2 amide bonds. The minimum Gasteiger partial charge on any atom is -0.469 e. The van der Waals surface area contributed by atoms with Gasteiger partial charge in [0.05, 0.1) is 44.5 Å². The molecule has 0 radical (unpaired) electrons. The molecule has 10 nitrogen and oxygen atoms in total. The highest BCUT2D eigenvalue weighted by Gasteiger charge is 2.52. The number of carbonyl (C=O) groups excluding carboxylic acids is 3. The molecule has 0 spiro atoms. The first kappa shape index (κ1) is 33.4. The van der Waals surface area contributed by atoms with Gasteiger partial charge in [-0.05, 0) is 55.1 Å². The molecule has 11 heteroatoms. The highest BCUT2D eigenvalue weighted by molar-refractivity contribution is 7.85.